The maximum atomic E-state index is 13.3. The third-order valence-corrected chi connectivity index (χ3v) is 5.44. The fraction of sp³-hybridized carbons (Fsp3) is 0.286. The molecule has 30 heavy (non-hydrogen) atoms. The van der Waals surface area contributed by atoms with Gasteiger partial charge in [0, 0.05) is 13.6 Å². The summed E-state index contributed by atoms with van der Waals surface area (Å²) in [6.07, 6.45) is -0.511. The molecule has 156 valence electrons. The van der Waals surface area contributed by atoms with Crippen LogP contribution in [0.5, 0.6) is 11.5 Å². The molecule has 2 aromatic carbocycles. The number of carbonyl (C=O) groups is 1. The van der Waals surface area contributed by atoms with Crippen LogP contribution in [0, 0.1) is 5.82 Å². The molecule has 1 amide bonds. The molecule has 0 saturated carbocycles. The molecule has 0 radical (unpaired) electrons. The van der Waals surface area contributed by atoms with Gasteiger partial charge < -0.3 is 18.8 Å². The quantitative estimate of drug-likeness (QED) is 0.551. The molecule has 0 spiro atoms. The van der Waals surface area contributed by atoms with Crippen molar-refractivity contribution in [1.82, 2.24) is 15.1 Å². The van der Waals surface area contributed by atoms with Crippen LogP contribution in [-0.2, 0) is 11.3 Å². The Hall–Kier alpha value is -3.07. The first kappa shape index (κ1) is 20.2. The number of amides is 1. The molecule has 7 nitrogen and oxygen atoms in total. The zero-order valence-corrected chi connectivity index (χ0v) is 17.3. The van der Waals surface area contributed by atoms with Gasteiger partial charge >= 0.3 is 0 Å². The summed E-state index contributed by atoms with van der Waals surface area (Å²) >= 11 is 1.16. The molecule has 0 fully saturated rings. The number of carbonyl (C=O) groups excluding carboxylic acids is 1. The average molecular weight is 429 g/mol. The lowest BCUT2D eigenvalue weighted by atomic mass is 10.2. The predicted molar refractivity (Wildman–Crippen MR) is 108 cm³/mol. The molecule has 1 aliphatic rings. The molecular weight excluding hydrogens is 409 g/mol. The summed E-state index contributed by atoms with van der Waals surface area (Å²) in [6.45, 7) is 2.33. The van der Waals surface area contributed by atoms with Crippen molar-refractivity contribution in [3.05, 3.63) is 65.8 Å². The second-order valence-corrected chi connectivity index (χ2v) is 8.15. The highest BCUT2D eigenvalue weighted by molar-refractivity contribution is 8.00. The lowest BCUT2D eigenvalue weighted by Crippen LogP contribution is -2.32. The average Bonchev–Trinajstić information content (AvgIpc) is 3.21. The van der Waals surface area contributed by atoms with E-state index in [1.54, 1.807) is 31.0 Å². The number of nitrogens with zero attached hydrogens (tertiary/aromatic N) is 3. The van der Waals surface area contributed by atoms with Crippen molar-refractivity contribution >= 4 is 17.7 Å². The molecule has 1 aliphatic heterocycles. The van der Waals surface area contributed by atoms with Crippen LogP contribution < -0.4 is 9.47 Å². The lowest BCUT2D eigenvalue weighted by molar-refractivity contribution is -0.129. The lowest BCUT2D eigenvalue weighted by Gasteiger charge is -2.23. The number of ether oxygens (including phenoxy) is 2. The zero-order chi connectivity index (χ0) is 21.1. The number of halogens is 1. The van der Waals surface area contributed by atoms with Crippen molar-refractivity contribution in [1.29, 1.82) is 0 Å². The predicted octanol–water partition coefficient (Wildman–Crippen LogP) is 3.86. The van der Waals surface area contributed by atoms with Gasteiger partial charge in [-0.25, -0.2) is 4.39 Å². The topological polar surface area (TPSA) is 77.7 Å². The molecule has 2 heterocycles. The molecule has 3 aromatic rings. The number of thioether (sulfide) groups is 1. The SMILES string of the molecule is CC(Sc1nnc(C2COc3ccccc3O2)o1)C(=O)N(C)Cc1cccc(F)c1. The van der Waals surface area contributed by atoms with E-state index in [4.69, 9.17) is 13.9 Å². The second-order valence-electron chi connectivity index (χ2n) is 6.85. The van der Waals surface area contributed by atoms with E-state index in [1.807, 2.05) is 24.3 Å². The summed E-state index contributed by atoms with van der Waals surface area (Å²) in [5.41, 5.74) is 0.720. The Balaban J connectivity index is 1.35. The molecule has 0 saturated heterocycles. The van der Waals surface area contributed by atoms with Gasteiger partial charge in [0.2, 0.25) is 12.0 Å². The number of para-hydroxylation sites is 2. The monoisotopic (exact) mass is 429 g/mol. The van der Waals surface area contributed by atoms with E-state index < -0.39 is 11.4 Å². The van der Waals surface area contributed by atoms with Gasteiger partial charge in [0.05, 0.1) is 5.25 Å². The normalized spacial score (nSPS) is 16.2. The molecule has 4 rings (SSSR count). The van der Waals surface area contributed by atoms with Crippen molar-refractivity contribution < 1.29 is 23.1 Å². The van der Waals surface area contributed by atoms with Crippen molar-refractivity contribution in [3.63, 3.8) is 0 Å². The van der Waals surface area contributed by atoms with Crippen LogP contribution in [0.15, 0.2) is 58.2 Å². The highest BCUT2D eigenvalue weighted by Gasteiger charge is 2.28. The van der Waals surface area contributed by atoms with Gasteiger partial charge in [-0.2, -0.15) is 0 Å². The van der Waals surface area contributed by atoms with Crippen LogP contribution in [0.4, 0.5) is 4.39 Å². The van der Waals surface area contributed by atoms with Crippen LogP contribution in [0.1, 0.15) is 24.5 Å². The van der Waals surface area contributed by atoms with Gasteiger partial charge in [-0.15, -0.1) is 10.2 Å². The number of aromatic nitrogens is 2. The van der Waals surface area contributed by atoms with Gasteiger partial charge in [0.15, 0.2) is 11.5 Å². The summed E-state index contributed by atoms with van der Waals surface area (Å²) in [6, 6.07) is 13.5. The molecule has 0 N–H and O–H groups in total. The molecule has 2 unspecified atom stereocenters. The third kappa shape index (κ3) is 4.56. The summed E-state index contributed by atoms with van der Waals surface area (Å²) in [7, 11) is 1.67. The fourth-order valence-electron chi connectivity index (χ4n) is 3.04. The van der Waals surface area contributed by atoms with Crippen molar-refractivity contribution in [3.8, 4) is 11.5 Å². The number of benzene rings is 2. The van der Waals surface area contributed by atoms with Crippen molar-refractivity contribution in [2.75, 3.05) is 13.7 Å². The van der Waals surface area contributed by atoms with Crippen molar-refractivity contribution in [2.45, 2.75) is 30.0 Å². The minimum absolute atomic E-state index is 0.129. The molecule has 9 heteroatoms. The van der Waals surface area contributed by atoms with Gasteiger partial charge in [-0.3, -0.25) is 4.79 Å². The van der Waals surface area contributed by atoms with E-state index in [1.165, 1.54) is 12.1 Å². The van der Waals surface area contributed by atoms with Crippen LogP contribution >= 0.6 is 11.8 Å². The Morgan fingerprint density at radius 1 is 1.23 bits per heavy atom. The van der Waals surface area contributed by atoms with E-state index >= 15 is 0 Å². The molecule has 2 atom stereocenters. The van der Waals surface area contributed by atoms with Crippen LogP contribution in [0.25, 0.3) is 0 Å². The largest absolute Gasteiger partial charge is 0.485 e. The summed E-state index contributed by atoms with van der Waals surface area (Å²) in [5, 5.41) is 7.87. The zero-order valence-electron chi connectivity index (χ0n) is 16.4. The minimum Gasteiger partial charge on any atom is -0.485 e. The maximum Gasteiger partial charge on any atom is 0.277 e. The standard InChI is InChI=1S/C21H20FN3O4S/c1-13(20(26)25(2)11-14-6-5-7-15(22)10-14)30-21-24-23-19(29-21)18-12-27-16-8-3-4-9-17(16)28-18/h3-10,13,18H,11-12H2,1-2H3. The summed E-state index contributed by atoms with van der Waals surface area (Å²) in [5.74, 6) is 1.12. The number of rotatable bonds is 6. The first-order valence-electron chi connectivity index (χ1n) is 9.37. The Bertz CT molecular complexity index is 1040. The molecule has 1 aromatic heterocycles. The van der Waals surface area contributed by atoms with Crippen molar-refractivity contribution in [2.24, 2.45) is 0 Å². The summed E-state index contributed by atoms with van der Waals surface area (Å²) in [4.78, 5) is 14.2. The Morgan fingerprint density at radius 2 is 2.03 bits per heavy atom. The molecule has 0 aliphatic carbocycles. The Labute approximate surface area is 177 Å². The smallest absolute Gasteiger partial charge is 0.277 e. The number of hydrogen-bond donors (Lipinski definition) is 0. The second kappa shape index (κ2) is 8.74. The van der Waals surface area contributed by atoms with Crippen LogP contribution in [0.2, 0.25) is 0 Å². The maximum absolute atomic E-state index is 13.3. The van der Waals surface area contributed by atoms with E-state index in [0.717, 1.165) is 17.3 Å². The molecular formula is C21H20FN3O4S. The van der Waals surface area contributed by atoms with Gasteiger partial charge in [-0.1, -0.05) is 36.0 Å². The Kier molecular flexibility index (Phi) is 5.89. The Morgan fingerprint density at radius 3 is 2.83 bits per heavy atom. The van der Waals surface area contributed by atoms with Gasteiger partial charge in [0.1, 0.15) is 12.4 Å². The summed E-state index contributed by atoms with van der Waals surface area (Å²) < 4.78 is 30.6. The van der Waals surface area contributed by atoms with Gasteiger partial charge in [-0.05, 0) is 36.8 Å². The fourth-order valence-corrected chi connectivity index (χ4v) is 3.84. The minimum atomic E-state index is -0.511. The van der Waals surface area contributed by atoms with E-state index in [0.29, 0.717) is 23.9 Å². The van der Waals surface area contributed by atoms with E-state index in [-0.39, 0.29) is 23.6 Å². The third-order valence-electron chi connectivity index (χ3n) is 4.52. The molecule has 0 bridgehead atoms. The van der Waals surface area contributed by atoms with Gasteiger partial charge in [0.25, 0.3) is 11.1 Å². The van der Waals surface area contributed by atoms with Crippen LogP contribution in [0.3, 0.4) is 0 Å². The van der Waals surface area contributed by atoms with E-state index in [9.17, 15) is 9.18 Å². The highest BCUT2D eigenvalue weighted by atomic mass is 32.2. The number of fused-ring (bicyclic) bond motifs is 1. The highest BCUT2D eigenvalue weighted by Crippen LogP contribution is 2.36. The first-order chi connectivity index (χ1) is 14.5. The first-order valence-corrected chi connectivity index (χ1v) is 10.3. The number of hydrogen-bond acceptors (Lipinski definition) is 7. The van der Waals surface area contributed by atoms with E-state index in [2.05, 4.69) is 10.2 Å². The van der Waals surface area contributed by atoms with Crippen LogP contribution in [-0.4, -0.2) is 39.9 Å².